The lowest BCUT2D eigenvalue weighted by Crippen LogP contribution is -2.17. The van der Waals surface area contributed by atoms with Crippen LogP contribution in [0.3, 0.4) is 0 Å². The molecular weight excluding hydrogens is 272 g/mol. The zero-order valence-corrected chi connectivity index (χ0v) is 13.6. The third-order valence-corrected chi connectivity index (χ3v) is 3.75. The maximum atomic E-state index is 12.0. The quantitative estimate of drug-likeness (QED) is 0.666. The highest BCUT2D eigenvalue weighted by atomic mass is 16.2. The fraction of sp³-hybridized carbons (Fsp3) is 0.263. The van der Waals surface area contributed by atoms with Gasteiger partial charge in [0.15, 0.2) is 0 Å². The number of nitrogens with one attached hydrogen (secondary N) is 1. The molecule has 0 fully saturated rings. The van der Waals surface area contributed by atoms with Gasteiger partial charge in [-0.2, -0.15) is 5.10 Å². The standard InChI is InChI=1S/C19H22N2O/c1-13(2)17-9-6-16(7-10-17)12-20-21-19(22)18-8-5-14(3)15(4)11-18/h5-13H,1-4H3,(H,21,22). The van der Waals surface area contributed by atoms with Crippen LogP contribution in [0.1, 0.15) is 52.4 Å². The highest BCUT2D eigenvalue weighted by Crippen LogP contribution is 2.14. The molecule has 1 amide bonds. The van der Waals surface area contributed by atoms with E-state index in [1.54, 1.807) is 6.21 Å². The van der Waals surface area contributed by atoms with Crippen LogP contribution in [0.5, 0.6) is 0 Å². The summed E-state index contributed by atoms with van der Waals surface area (Å²) < 4.78 is 0. The molecule has 22 heavy (non-hydrogen) atoms. The van der Waals surface area contributed by atoms with Crippen LogP contribution in [0, 0.1) is 13.8 Å². The van der Waals surface area contributed by atoms with Crippen molar-refractivity contribution in [3.63, 3.8) is 0 Å². The van der Waals surface area contributed by atoms with Gasteiger partial charge in [0.05, 0.1) is 6.21 Å². The predicted octanol–water partition coefficient (Wildman–Crippen LogP) is 4.19. The van der Waals surface area contributed by atoms with Crippen LogP contribution in [-0.4, -0.2) is 12.1 Å². The molecule has 3 heteroatoms. The number of hydrogen-bond acceptors (Lipinski definition) is 2. The molecule has 3 nitrogen and oxygen atoms in total. The van der Waals surface area contributed by atoms with Gasteiger partial charge in [-0.05, 0) is 54.2 Å². The highest BCUT2D eigenvalue weighted by molar-refractivity contribution is 5.95. The van der Waals surface area contributed by atoms with Crippen LogP contribution in [0.2, 0.25) is 0 Å². The Morgan fingerprint density at radius 2 is 1.73 bits per heavy atom. The van der Waals surface area contributed by atoms with Gasteiger partial charge >= 0.3 is 0 Å². The van der Waals surface area contributed by atoms with E-state index < -0.39 is 0 Å². The third kappa shape index (κ3) is 4.04. The topological polar surface area (TPSA) is 41.5 Å². The molecule has 0 saturated carbocycles. The summed E-state index contributed by atoms with van der Waals surface area (Å²) in [5.41, 5.74) is 7.70. The summed E-state index contributed by atoms with van der Waals surface area (Å²) in [5, 5.41) is 4.02. The maximum Gasteiger partial charge on any atom is 0.271 e. The Balaban J connectivity index is 1.99. The number of benzene rings is 2. The lowest BCUT2D eigenvalue weighted by Gasteiger charge is -2.05. The van der Waals surface area contributed by atoms with Crippen LogP contribution in [0.25, 0.3) is 0 Å². The molecule has 2 aromatic rings. The normalized spacial score (nSPS) is 11.1. The molecule has 0 bridgehead atoms. The Morgan fingerprint density at radius 3 is 2.32 bits per heavy atom. The van der Waals surface area contributed by atoms with Crippen molar-refractivity contribution in [3.8, 4) is 0 Å². The molecule has 1 N–H and O–H groups in total. The monoisotopic (exact) mass is 294 g/mol. The van der Waals surface area contributed by atoms with Gasteiger partial charge < -0.3 is 0 Å². The second-order valence-corrected chi connectivity index (χ2v) is 5.82. The summed E-state index contributed by atoms with van der Waals surface area (Å²) >= 11 is 0. The minimum absolute atomic E-state index is 0.196. The van der Waals surface area contributed by atoms with Gasteiger partial charge in [0, 0.05) is 5.56 Å². The average Bonchev–Trinajstić information content (AvgIpc) is 2.50. The summed E-state index contributed by atoms with van der Waals surface area (Å²) in [5.74, 6) is 0.314. The van der Waals surface area contributed by atoms with Gasteiger partial charge in [-0.25, -0.2) is 5.43 Å². The van der Waals surface area contributed by atoms with Crippen LogP contribution in [0.4, 0.5) is 0 Å². The fourth-order valence-corrected chi connectivity index (χ4v) is 2.08. The van der Waals surface area contributed by atoms with E-state index in [4.69, 9.17) is 0 Å². The van der Waals surface area contributed by atoms with Crippen molar-refractivity contribution >= 4 is 12.1 Å². The first-order valence-electron chi connectivity index (χ1n) is 7.48. The number of hydrazone groups is 1. The summed E-state index contributed by atoms with van der Waals surface area (Å²) in [6, 6.07) is 13.8. The molecule has 0 saturated heterocycles. The summed E-state index contributed by atoms with van der Waals surface area (Å²) in [6.45, 7) is 8.33. The maximum absolute atomic E-state index is 12.0. The molecule has 0 unspecified atom stereocenters. The molecule has 2 aromatic carbocycles. The van der Waals surface area contributed by atoms with Crippen molar-refractivity contribution in [1.82, 2.24) is 5.43 Å². The molecule has 0 aliphatic heterocycles. The van der Waals surface area contributed by atoms with Gasteiger partial charge in [0.2, 0.25) is 0 Å². The molecular formula is C19H22N2O. The molecule has 0 spiro atoms. The number of carbonyl (C=O) groups is 1. The Hall–Kier alpha value is -2.42. The van der Waals surface area contributed by atoms with E-state index in [-0.39, 0.29) is 5.91 Å². The lowest BCUT2D eigenvalue weighted by atomic mass is 10.0. The van der Waals surface area contributed by atoms with E-state index in [9.17, 15) is 4.79 Å². The Kier molecular flexibility index (Phi) is 5.10. The van der Waals surface area contributed by atoms with Crippen LogP contribution in [0.15, 0.2) is 47.6 Å². The Labute approximate surface area is 132 Å². The highest BCUT2D eigenvalue weighted by Gasteiger charge is 2.05. The average molecular weight is 294 g/mol. The molecule has 0 aliphatic rings. The largest absolute Gasteiger partial charge is 0.271 e. The van der Waals surface area contributed by atoms with E-state index in [0.29, 0.717) is 11.5 Å². The van der Waals surface area contributed by atoms with Gasteiger partial charge in [-0.3, -0.25) is 4.79 Å². The van der Waals surface area contributed by atoms with Gasteiger partial charge in [-0.15, -0.1) is 0 Å². The molecule has 0 aromatic heterocycles. The second-order valence-electron chi connectivity index (χ2n) is 5.82. The summed E-state index contributed by atoms with van der Waals surface area (Å²) in [4.78, 5) is 12.0. The molecule has 0 heterocycles. The first-order valence-corrected chi connectivity index (χ1v) is 7.48. The molecule has 0 atom stereocenters. The molecule has 2 rings (SSSR count). The predicted molar refractivity (Wildman–Crippen MR) is 91.5 cm³/mol. The van der Waals surface area contributed by atoms with Crippen LogP contribution in [-0.2, 0) is 0 Å². The summed E-state index contributed by atoms with van der Waals surface area (Å²) in [6.07, 6.45) is 1.66. The Bertz CT molecular complexity index is 685. The fourth-order valence-electron chi connectivity index (χ4n) is 2.08. The van der Waals surface area contributed by atoms with Crippen molar-refractivity contribution < 1.29 is 4.79 Å². The van der Waals surface area contributed by atoms with Crippen molar-refractivity contribution in [3.05, 3.63) is 70.3 Å². The summed E-state index contributed by atoms with van der Waals surface area (Å²) in [7, 11) is 0. The van der Waals surface area contributed by atoms with Gasteiger partial charge in [0.25, 0.3) is 5.91 Å². The first-order chi connectivity index (χ1) is 10.5. The second kappa shape index (κ2) is 7.03. The van der Waals surface area contributed by atoms with E-state index in [0.717, 1.165) is 11.1 Å². The van der Waals surface area contributed by atoms with Gasteiger partial charge in [-0.1, -0.05) is 44.2 Å². The third-order valence-electron chi connectivity index (χ3n) is 3.75. The zero-order chi connectivity index (χ0) is 16.1. The number of hydrogen-bond donors (Lipinski definition) is 1. The first kappa shape index (κ1) is 16.0. The molecule has 0 radical (unpaired) electrons. The lowest BCUT2D eigenvalue weighted by molar-refractivity contribution is 0.0955. The van der Waals surface area contributed by atoms with Crippen LogP contribution >= 0.6 is 0 Å². The van der Waals surface area contributed by atoms with Crippen molar-refractivity contribution in [1.29, 1.82) is 0 Å². The number of aryl methyl sites for hydroxylation is 2. The number of rotatable bonds is 4. The van der Waals surface area contributed by atoms with E-state index >= 15 is 0 Å². The van der Waals surface area contributed by atoms with Crippen molar-refractivity contribution in [2.45, 2.75) is 33.6 Å². The number of carbonyl (C=O) groups excluding carboxylic acids is 1. The van der Waals surface area contributed by atoms with E-state index in [1.807, 2.05) is 44.2 Å². The number of amides is 1. The zero-order valence-electron chi connectivity index (χ0n) is 13.6. The minimum Gasteiger partial charge on any atom is -0.267 e. The minimum atomic E-state index is -0.196. The Morgan fingerprint density at radius 1 is 1.05 bits per heavy atom. The smallest absolute Gasteiger partial charge is 0.267 e. The van der Waals surface area contributed by atoms with Crippen LogP contribution < -0.4 is 5.43 Å². The van der Waals surface area contributed by atoms with E-state index in [1.165, 1.54) is 11.1 Å². The molecule has 114 valence electrons. The SMILES string of the molecule is Cc1ccc(C(=O)NN=Cc2ccc(C(C)C)cc2)cc1C. The van der Waals surface area contributed by atoms with Gasteiger partial charge in [0.1, 0.15) is 0 Å². The van der Waals surface area contributed by atoms with Crippen molar-refractivity contribution in [2.75, 3.05) is 0 Å². The number of nitrogens with zero attached hydrogens (tertiary/aromatic N) is 1. The van der Waals surface area contributed by atoms with E-state index in [2.05, 4.69) is 36.5 Å². The van der Waals surface area contributed by atoms with Crippen molar-refractivity contribution in [2.24, 2.45) is 5.10 Å². The molecule has 0 aliphatic carbocycles.